The minimum atomic E-state index is -4.12. The van der Waals surface area contributed by atoms with Gasteiger partial charge >= 0.3 is 12.3 Å². The summed E-state index contributed by atoms with van der Waals surface area (Å²) in [5, 5.41) is 0. The Morgan fingerprint density at radius 1 is 1.42 bits per heavy atom. The number of amides is 1. The zero-order valence-electron chi connectivity index (χ0n) is 10.9. The predicted molar refractivity (Wildman–Crippen MR) is 60.4 cm³/mol. The van der Waals surface area contributed by atoms with Gasteiger partial charge in [-0.25, -0.2) is 8.78 Å². The second-order valence-electron chi connectivity index (χ2n) is 4.59. The predicted octanol–water partition coefficient (Wildman–Crippen LogP) is 1.07. The van der Waals surface area contributed by atoms with Gasteiger partial charge in [-0.2, -0.15) is 8.78 Å². The van der Waals surface area contributed by atoms with Crippen LogP contribution >= 0.6 is 0 Å². The lowest BCUT2D eigenvalue weighted by molar-refractivity contribution is -0.167. The Kier molecular flexibility index (Phi) is 5.54. The van der Waals surface area contributed by atoms with E-state index in [9.17, 15) is 22.4 Å². The van der Waals surface area contributed by atoms with Crippen LogP contribution in [0.2, 0.25) is 0 Å². The van der Waals surface area contributed by atoms with Crippen LogP contribution in [-0.2, 0) is 9.53 Å². The number of ether oxygens (including phenoxy) is 1. The highest BCUT2D eigenvalue weighted by Gasteiger charge is 2.41. The molecule has 19 heavy (non-hydrogen) atoms. The average molecular weight is 286 g/mol. The van der Waals surface area contributed by atoms with E-state index in [1.54, 1.807) is 23.8 Å². The topological polar surface area (TPSA) is 32.8 Å². The van der Waals surface area contributed by atoms with Gasteiger partial charge in [0.2, 0.25) is 5.91 Å². The van der Waals surface area contributed by atoms with Gasteiger partial charge in [-0.15, -0.1) is 0 Å². The van der Waals surface area contributed by atoms with Crippen molar-refractivity contribution in [1.29, 1.82) is 0 Å². The molecule has 1 aliphatic heterocycles. The van der Waals surface area contributed by atoms with Crippen LogP contribution in [0.15, 0.2) is 0 Å². The number of halogens is 4. The summed E-state index contributed by atoms with van der Waals surface area (Å²) in [6, 6.07) is -0.349. The van der Waals surface area contributed by atoms with Gasteiger partial charge in [0.05, 0.1) is 12.6 Å². The van der Waals surface area contributed by atoms with E-state index < -0.39 is 19.0 Å². The van der Waals surface area contributed by atoms with Crippen molar-refractivity contribution in [1.82, 2.24) is 9.80 Å². The Hall–Kier alpha value is -0.890. The quantitative estimate of drug-likeness (QED) is 0.541. The van der Waals surface area contributed by atoms with E-state index in [2.05, 4.69) is 4.74 Å². The molecule has 0 aromatic rings. The molecular formula is C11H18F4N2O2. The number of hydrogen-bond donors (Lipinski definition) is 0. The molecule has 1 atom stereocenters. The monoisotopic (exact) mass is 286 g/mol. The van der Waals surface area contributed by atoms with Gasteiger partial charge < -0.3 is 9.64 Å². The zero-order chi connectivity index (χ0) is 14.6. The molecule has 0 saturated carbocycles. The first-order valence-corrected chi connectivity index (χ1v) is 5.98. The second-order valence-corrected chi connectivity index (χ2v) is 4.59. The molecule has 0 radical (unpaired) electrons. The maximum atomic E-state index is 12.6. The molecule has 0 aromatic carbocycles. The van der Waals surface area contributed by atoms with E-state index in [0.717, 1.165) is 0 Å². The number of likely N-dealkylation sites (N-methyl/N-ethyl adjacent to an activating group) is 1. The Balaban J connectivity index is 2.28. The van der Waals surface area contributed by atoms with Crippen LogP contribution in [0.5, 0.6) is 0 Å². The van der Waals surface area contributed by atoms with Crippen molar-refractivity contribution >= 4 is 5.91 Å². The van der Waals surface area contributed by atoms with Crippen molar-refractivity contribution in [2.45, 2.75) is 25.3 Å². The number of hydrogen-bond acceptors (Lipinski definition) is 3. The molecule has 0 spiro atoms. The number of alkyl halides is 4. The van der Waals surface area contributed by atoms with E-state index in [4.69, 9.17) is 0 Å². The summed E-state index contributed by atoms with van der Waals surface area (Å²) in [5.41, 5.74) is 0. The minimum Gasteiger partial charge on any atom is -0.374 e. The van der Waals surface area contributed by atoms with E-state index in [0.29, 0.717) is 13.1 Å². The highest BCUT2D eigenvalue weighted by molar-refractivity contribution is 5.81. The maximum absolute atomic E-state index is 12.6. The molecule has 0 N–H and O–H groups in total. The Morgan fingerprint density at radius 2 is 2.05 bits per heavy atom. The van der Waals surface area contributed by atoms with Crippen LogP contribution in [0.1, 0.15) is 6.92 Å². The largest absolute Gasteiger partial charge is 0.374 e. The summed E-state index contributed by atoms with van der Waals surface area (Å²) in [7, 11) is 1.69. The third-order valence-electron chi connectivity index (χ3n) is 3.14. The van der Waals surface area contributed by atoms with E-state index in [-0.39, 0.29) is 25.1 Å². The molecule has 1 amide bonds. The van der Waals surface area contributed by atoms with Crippen LogP contribution in [0.4, 0.5) is 17.6 Å². The van der Waals surface area contributed by atoms with Crippen LogP contribution in [0.3, 0.4) is 0 Å². The van der Waals surface area contributed by atoms with Gasteiger partial charge in [-0.3, -0.25) is 9.69 Å². The van der Waals surface area contributed by atoms with Crippen molar-refractivity contribution in [3.05, 3.63) is 0 Å². The molecule has 0 aromatic heterocycles. The van der Waals surface area contributed by atoms with E-state index >= 15 is 0 Å². The van der Waals surface area contributed by atoms with Crippen LogP contribution in [0, 0.1) is 0 Å². The highest BCUT2D eigenvalue weighted by Crippen LogP contribution is 2.22. The number of rotatable bonds is 6. The van der Waals surface area contributed by atoms with Crippen molar-refractivity contribution < 1.29 is 27.1 Å². The lowest BCUT2D eigenvalue weighted by Crippen LogP contribution is -2.55. The summed E-state index contributed by atoms with van der Waals surface area (Å²) < 4.78 is 53.4. The third-order valence-corrected chi connectivity index (χ3v) is 3.14. The first kappa shape index (κ1) is 16.2. The number of piperazine rings is 1. The highest BCUT2D eigenvalue weighted by atomic mass is 19.3. The first-order valence-electron chi connectivity index (χ1n) is 5.98. The molecule has 4 nitrogen and oxygen atoms in total. The molecule has 0 aliphatic carbocycles. The lowest BCUT2D eigenvalue weighted by Gasteiger charge is -2.37. The molecule has 1 heterocycles. The van der Waals surface area contributed by atoms with Crippen LogP contribution in [0.25, 0.3) is 0 Å². The number of carbonyl (C=O) groups is 1. The fourth-order valence-electron chi connectivity index (χ4n) is 1.82. The molecule has 1 rings (SSSR count). The normalized spacial score (nSPS) is 22.4. The van der Waals surface area contributed by atoms with Gasteiger partial charge in [0.25, 0.3) is 0 Å². The van der Waals surface area contributed by atoms with Crippen molar-refractivity contribution in [2.24, 2.45) is 0 Å². The van der Waals surface area contributed by atoms with E-state index in [1.165, 1.54) is 0 Å². The Morgan fingerprint density at radius 3 is 2.63 bits per heavy atom. The average Bonchev–Trinajstić information content (AvgIpc) is 2.34. The summed E-state index contributed by atoms with van der Waals surface area (Å²) in [6.45, 7) is 1.73. The standard InChI is InChI=1S/C11H18F4N2O2/c1-8-9(18)16(2)3-4-17(8)5-6-19-7-11(14,15)10(12)13/h8,10H,3-7H2,1-2H3. The van der Waals surface area contributed by atoms with Gasteiger partial charge in [0.1, 0.15) is 6.61 Å². The molecular weight excluding hydrogens is 268 g/mol. The van der Waals surface area contributed by atoms with Crippen LogP contribution in [-0.4, -0.2) is 74.0 Å². The molecule has 1 fully saturated rings. The van der Waals surface area contributed by atoms with Gasteiger partial charge in [-0.1, -0.05) is 0 Å². The van der Waals surface area contributed by atoms with Gasteiger partial charge in [0, 0.05) is 26.7 Å². The van der Waals surface area contributed by atoms with Crippen molar-refractivity contribution in [3.8, 4) is 0 Å². The van der Waals surface area contributed by atoms with Gasteiger partial charge in [-0.05, 0) is 6.92 Å². The molecule has 112 valence electrons. The summed E-state index contributed by atoms with van der Waals surface area (Å²) in [4.78, 5) is 15.0. The SMILES string of the molecule is CC1C(=O)N(C)CCN1CCOCC(F)(F)C(F)F. The smallest absolute Gasteiger partial charge is 0.330 e. The molecule has 1 saturated heterocycles. The lowest BCUT2D eigenvalue weighted by atomic mass is 10.2. The number of nitrogens with zero attached hydrogens (tertiary/aromatic N) is 2. The Labute approximate surface area is 109 Å². The second kappa shape index (κ2) is 6.51. The third kappa shape index (κ3) is 4.31. The molecule has 8 heteroatoms. The molecule has 1 aliphatic rings. The summed E-state index contributed by atoms with van der Waals surface area (Å²) >= 11 is 0. The minimum absolute atomic E-state index is 0.0517. The molecule has 1 unspecified atom stereocenters. The van der Waals surface area contributed by atoms with Crippen molar-refractivity contribution in [2.75, 3.05) is 39.9 Å². The fourth-order valence-corrected chi connectivity index (χ4v) is 1.82. The first-order chi connectivity index (χ1) is 8.75. The summed E-state index contributed by atoms with van der Waals surface area (Å²) in [6.07, 6.45) is -3.73. The zero-order valence-corrected chi connectivity index (χ0v) is 10.9. The number of carbonyl (C=O) groups excluding carboxylic acids is 1. The van der Waals surface area contributed by atoms with Crippen LogP contribution < -0.4 is 0 Å². The van der Waals surface area contributed by atoms with E-state index in [1.807, 2.05) is 0 Å². The summed E-state index contributed by atoms with van der Waals surface area (Å²) in [5.74, 6) is -4.17. The Bertz CT molecular complexity index is 315. The van der Waals surface area contributed by atoms with Crippen molar-refractivity contribution in [3.63, 3.8) is 0 Å². The van der Waals surface area contributed by atoms with Gasteiger partial charge in [0.15, 0.2) is 0 Å². The molecule has 0 bridgehead atoms. The fraction of sp³-hybridized carbons (Fsp3) is 0.909. The maximum Gasteiger partial charge on any atom is 0.330 e.